The number of amides is 1. The Hall–Kier alpha value is -3.34. The van der Waals surface area contributed by atoms with Gasteiger partial charge in [-0.15, -0.1) is 5.10 Å². The molecule has 5 heteroatoms. The highest BCUT2D eigenvalue weighted by Gasteiger charge is 2.34. The van der Waals surface area contributed by atoms with Crippen LogP contribution in [0.2, 0.25) is 0 Å². The number of hydrogen-bond donors (Lipinski definition) is 0. The van der Waals surface area contributed by atoms with Gasteiger partial charge in [0.2, 0.25) is 12.1 Å². The van der Waals surface area contributed by atoms with Gasteiger partial charge in [-0.05, 0) is 30.2 Å². The number of rotatable bonds is 3. The lowest BCUT2D eigenvalue weighted by atomic mass is 10.0. The van der Waals surface area contributed by atoms with Crippen LogP contribution in [0.3, 0.4) is 0 Å². The van der Waals surface area contributed by atoms with E-state index < -0.39 is 6.23 Å². The van der Waals surface area contributed by atoms with Gasteiger partial charge in [0.25, 0.3) is 5.90 Å². The van der Waals surface area contributed by atoms with E-state index in [4.69, 9.17) is 9.15 Å². The predicted molar refractivity (Wildman–Crippen MR) is 98.2 cm³/mol. The Kier molecular flexibility index (Phi) is 4.05. The number of hydrogen-bond acceptors (Lipinski definition) is 4. The summed E-state index contributed by atoms with van der Waals surface area (Å²) >= 11 is 0. The Morgan fingerprint density at radius 1 is 0.962 bits per heavy atom. The summed E-state index contributed by atoms with van der Waals surface area (Å²) in [4.78, 5) is 12.0. The number of hydrazone groups is 1. The average molecular weight is 346 g/mol. The van der Waals surface area contributed by atoms with Gasteiger partial charge in [0.05, 0.1) is 0 Å². The lowest BCUT2D eigenvalue weighted by molar-refractivity contribution is -0.135. The van der Waals surface area contributed by atoms with Gasteiger partial charge in [-0.25, -0.2) is 0 Å². The zero-order valence-electron chi connectivity index (χ0n) is 14.5. The summed E-state index contributed by atoms with van der Waals surface area (Å²) in [5.74, 6) is 1.39. The first-order chi connectivity index (χ1) is 12.6. The van der Waals surface area contributed by atoms with Gasteiger partial charge < -0.3 is 9.15 Å². The standard InChI is InChI=1S/C21H18N2O3/c1-14-8-13-19(25-14)20-22-23(15(2)24)21(26-20)18-11-9-17(10-12-18)16-6-4-3-5-7-16/h3-13,21H,1-2H3/t21-/m0/s1. The summed E-state index contributed by atoms with van der Waals surface area (Å²) in [6.45, 7) is 3.32. The van der Waals surface area contributed by atoms with Crippen LogP contribution in [0.1, 0.15) is 30.2 Å². The van der Waals surface area contributed by atoms with Gasteiger partial charge in [0.15, 0.2) is 5.76 Å². The molecule has 0 aliphatic carbocycles. The highest BCUT2D eigenvalue weighted by molar-refractivity contribution is 5.94. The molecule has 0 saturated heterocycles. The summed E-state index contributed by atoms with van der Waals surface area (Å²) in [5, 5.41) is 5.63. The van der Waals surface area contributed by atoms with E-state index in [1.54, 1.807) is 6.07 Å². The van der Waals surface area contributed by atoms with Gasteiger partial charge in [-0.3, -0.25) is 4.79 Å². The number of furan rings is 1. The minimum atomic E-state index is -0.599. The van der Waals surface area contributed by atoms with Crippen LogP contribution in [-0.2, 0) is 9.53 Å². The van der Waals surface area contributed by atoms with Crippen molar-refractivity contribution in [3.63, 3.8) is 0 Å². The summed E-state index contributed by atoms with van der Waals surface area (Å²) in [6, 6.07) is 21.7. The van der Waals surface area contributed by atoms with Crippen LogP contribution in [0.4, 0.5) is 0 Å². The van der Waals surface area contributed by atoms with E-state index >= 15 is 0 Å². The van der Waals surface area contributed by atoms with Gasteiger partial charge in [0.1, 0.15) is 5.76 Å². The fourth-order valence-corrected chi connectivity index (χ4v) is 2.90. The van der Waals surface area contributed by atoms with E-state index in [1.807, 2.05) is 55.5 Å². The molecule has 5 nitrogen and oxygen atoms in total. The van der Waals surface area contributed by atoms with E-state index in [2.05, 4.69) is 17.2 Å². The van der Waals surface area contributed by atoms with Crippen molar-refractivity contribution in [3.8, 4) is 11.1 Å². The van der Waals surface area contributed by atoms with Crippen LogP contribution in [0.25, 0.3) is 11.1 Å². The van der Waals surface area contributed by atoms with Crippen molar-refractivity contribution in [2.75, 3.05) is 0 Å². The van der Waals surface area contributed by atoms with Crippen LogP contribution in [0.5, 0.6) is 0 Å². The Labute approximate surface area is 151 Å². The van der Waals surface area contributed by atoms with Crippen molar-refractivity contribution in [2.45, 2.75) is 20.1 Å². The fraction of sp³-hybridized carbons (Fsp3) is 0.143. The second-order valence-electron chi connectivity index (χ2n) is 6.14. The SMILES string of the molecule is CC(=O)N1N=C(c2ccc(C)o2)O[C@H]1c1ccc(-c2ccccc2)cc1. The molecular weight excluding hydrogens is 328 g/mol. The van der Waals surface area contributed by atoms with Gasteiger partial charge in [-0.1, -0.05) is 54.6 Å². The molecule has 1 aromatic heterocycles. The molecule has 1 atom stereocenters. The predicted octanol–water partition coefficient (Wildman–Crippen LogP) is 4.49. The molecule has 1 amide bonds. The third kappa shape index (κ3) is 2.99. The lowest BCUT2D eigenvalue weighted by Gasteiger charge is -2.19. The quantitative estimate of drug-likeness (QED) is 0.702. The molecule has 26 heavy (non-hydrogen) atoms. The largest absolute Gasteiger partial charge is 0.456 e. The molecule has 0 fully saturated rings. The monoisotopic (exact) mass is 346 g/mol. The molecule has 130 valence electrons. The number of carbonyl (C=O) groups is 1. The van der Waals surface area contributed by atoms with E-state index in [0.29, 0.717) is 11.7 Å². The van der Waals surface area contributed by atoms with Crippen molar-refractivity contribution in [3.05, 3.63) is 83.8 Å². The molecule has 0 saturated carbocycles. The molecule has 0 spiro atoms. The van der Waals surface area contributed by atoms with Crippen LogP contribution in [0, 0.1) is 6.92 Å². The third-order valence-corrected chi connectivity index (χ3v) is 4.22. The zero-order valence-corrected chi connectivity index (χ0v) is 14.5. The molecule has 4 rings (SSSR count). The second kappa shape index (κ2) is 6.52. The minimum absolute atomic E-state index is 0.194. The van der Waals surface area contributed by atoms with Crippen LogP contribution in [0.15, 0.2) is 76.2 Å². The van der Waals surface area contributed by atoms with E-state index in [0.717, 1.165) is 22.5 Å². The zero-order chi connectivity index (χ0) is 18.1. The number of aryl methyl sites for hydroxylation is 1. The normalized spacial score (nSPS) is 16.3. The average Bonchev–Trinajstić information content (AvgIpc) is 3.29. The maximum absolute atomic E-state index is 12.0. The van der Waals surface area contributed by atoms with E-state index in [1.165, 1.54) is 11.9 Å². The Balaban J connectivity index is 1.61. The van der Waals surface area contributed by atoms with Crippen LogP contribution >= 0.6 is 0 Å². The molecule has 3 aromatic rings. The summed E-state index contributed by atoms with van der Waals surface area (Å²) in [5.41, 5.74) is 3.09. The smallest absolute Gasteiger partial charge is 0.277 e. The maximum atomic E-state index is 12.0. The Morgan fingerprint density at radius 3 is 2.27 bits per heavy atom. The molecule has 1 aliphatic heterocycles. The molecule has 2 heterocycles. The first-order valence-electron chi connectivity index (χ1n) is 8.39. The van der Waals surface area contributed by atoms with Crippen molar-refractivity contribution >= 4 is 11.8 Å². The van der Waals surface area contributed by atoms with Crippen molar-refractivity contribution < 1.29 is 13.9 Å². The number of benzene rings is 2. The highest BCUT2D eigenvalue weighted by Crippen LogP contribution is 2.32. The Morgan fingerprint density at radius 2 is 1.65 bits per heavy atom. The molecule has 1 aliphatic rings. The van der Waals surface area contributed by atoms with Crippen molar-refractivity contribution in [2.24, 2.45) is 5.10 Å². The Bertz CT molecular complexity index is 958. The van der Waals surface area contributed by atoms with Gasteiger partial charge in [0, 0.05) is 12.5 Å². The molecule has 0 N–H and O–H groups in total. The first-order valence-corrected chi connectivity index (χ1v) is 8.39. The number of carbonyl (C=O) groups excluding carboxylic acids is 1. The fourth-order valence-electron chi connectivity index (χ4n) is 2.90. The first kappa shape index (κ1) is 16.1. The number of nitrogens with zero attached hydrogens (tertiary/aromatic N) is 2. The topological polar surface area (TPSA) is 55.0 Å². The minimum Gasteiger partial charge on any atom is -0.456 e. The molecule has 0 bridgehead atoms. The van der Waals surface area contributed by atoms with Crippen LogP contribution < -0.4 is 0 Å². The lowest BCUT2D eigenvalue weighted by Crippen LogP contribution is -2.25. The van der Waals surface area contributed by atoms with Crippen LogP contribution in [-0.4, -0.2) is 16.8 Å². The highest BCUT2D eigenvalue weighted by atomic mass is 16.5. The molecular formula is C21H18N2O3. The van der Waals surface area contributed by atoms with Gasteiger partial charge >= 0.3 is 0 Å². The maximum Gasteiger partial charge on any atom is 0.277 e. The van der Waals surface area contributed by atoms with Crippen molar-refractivity contribution in [1.82, 2.24) is 5.01 Å². The number of ether oxygens (including phenoxy) is 1. The summed E-state index contributed by atoms with van der Waals surface area (Å²) < 4.78 is 11.5. The van der Waals surface area contributed by atoms with Crippen molar-refractivity contribution in [1.29, 1.82) is 0 Å². The summed E-state index contributed by atoms with van der Waals surface area (Å²) in [7, 11) is 0. The van der Waals surface area contributed by atoms with E-state index in [-0.39, 0.29) is 5.91 Å². The van der Waals surface area contributed by atoms with E-state index in [9.17, 15) is 4.79 Å². The molecule has 2 aromatic carbocycles. The molecule has 0 radical (unpaired) electrons. The van der Waals surface area contributed by atoms with Gasteiger partial charge in [-0.2, -0.15) is 5.01 Å². The second-order valence-corrected chi connectivity index (χ2v) is 6.14. The summed E-state index contributed by atoms with van der Waals surface area (Å²) in [6.07, 6.45) is -0.599. The molecule has 0 unspecified atom stereocenters. The third-order valence-electron chi connectivity index (χ3n) is 4.22.